The fourth-order valence-corrected chi connectivity index (χ4v) is 4.48. The summed E-state index contributed by atoms with van der Waals surface area (Å²) in [6.07, 6.45) is 0. The minimum absolute atomic E-state index is 0.0398. The molecule has 1 unspecified atom stereocenters. The zero-order valence-electron chi connectivity index (χ0n) is 20.9. The van der Waals surface area contributed by atoms with Gasteiger partial charge < -0.3 is 19.7 Å². The van der Waals surface area contributed by atoms with Crippen molar-refractivity contribution >= 4 is 23.1 Å². The predicted octanol–water partition coefficient (Wildman–Crippen LogP) is 5.33. The highest BCUT2D eigenvalue weighted by molar-refractivity contribution is 6.52. The van der Waals surface area contributed by atoms with Gasteiger partial charge >= 0.3 is 0 Å². The second kappa shape index (κ2) is 9.41. The van der Waals surface area contributed by atoms with Gasteiger partial charge in [-0.1, -0.05) is 45.0 Å². The molecule has 1 aliphatic rings. The first kappa shape index (κ1) is 24.9. The van der Waals surface area contributed by atoms with Gasteiger partial charge in [0.05, 0.1) is 31.5 Å². The first-order valence-electron chi connectivity index (χ1n) is 11.5. The van der Waals surface area contributed by atoms with Gasteiger partial charge in [-0.25, -0.2) is 0 Å². The third-order valence-corrected chi connectivity index (χ3v) is 6.28. The van der Waals surface area contributed by atoms with E-state index in [2.05, 4.69) is 0 Å². The van der Waals surface area contributed by atoms with Gasteiger partial charge in [0.1, 0.15) is 23.0 Å². The van der Waals surface area contributed by atoms with Crippen LogP contribution in [0.25, 0.3) is 5.76 Å². The number of anilines is 1. The van der Waals surface area contributed by atoms with E-state index in [9.17, 15) is 19.8 Å². The summed E-state index contributed by atoms with van der Waals surface area (Å²) in [7, 11) is 3.06. The Balaban J connectivity index is 1.98. The summed E-state index contributed by atoms with van der Waals surface area (Å²) < 4.78 is 11.0. The predicted molar refractivity (Wildman–Crippen MR) is 138 cm³/mol. The molecule has 7 heteroatoms. The number of ether oxygens (including phenoxy) is 2. The molecule has 1 heterocycles. The molecule has 0 saturated carbocycles. The number of carbonyl (C=O) groups is 2. The lowest BCUT2D eigenvalue weighted by Gasteiger charge is -2.27. The monoisotopic (exact) mass is 487 g/mol. The normalized spacial score (nSPS) is 17.4. The van der Waals surface area contributed by atoms with Crippen molar-refractivity contribution in [3.05, 3.63) is 89.0 Å². The Kier molecular flexibility index (Phi) is 6.50. The third-order valence-electron chi connectivity index (χ3n) is 6.28. The van der Waals surface area contributed by atoms with Gasteiger partial charge in [-0.2, -0.15) is 0 Å². The number of hydrogen-bond donors (Lipinski definition) is 2. The Morgan fingerprint density at radius 1 is 0.889 bits per heavy atom. The molecule has 2 N–H and O–H groups in total. The Hall–Kier alpha value is -4.26. The summed E-state index contributed by atoms with van der Waals surface area (Å²) in [5.74, 6) is -0.797. The number of methoxy groups -OCH3 is 2. The van der Waals surface area contributed by atoms with Crippen molar-refractivity contribution in [2.75, 3.05) is 19.1 Å². The maximum atomic E-state index is 13.4. The third kappa shape index (κ3) is 4.28. The largest absolute Gasteiger partial charge is 0.508 e. The van der Waals surface area contributed by atoms with Crippen LogP contribution in [0.5, 0.6) is 17.2 Å². The van der Waals surface area contributed by atoms with Gasteiger partial charge in [0.25, 0.3) is 11.7 Å². The molecule has 3 aromatic carbocycles. The Bertz CT molecular complexity index is 1350. The van der Waals surface area contributed by atoms with Crippen molar-refractivity contribution < 1.29 is 29.3 Å². The second-order valence-corrected chi connectivity index (χ2v) is 9.60. The molecule has 1 fully saturated rings. The lowest BCUT2D eigenvalue weighted by Crippen LogP contribution is -2.29. The highest BCUT2D eigenvalue weighted by Gasteiger charge is 2.47. The van der Waals surface area contributed by atoms with E-state index in [1.807, 2.05) is 20.8 Å². The van der Waals surface area contributed by atoms with Crippen molar-refractivity contribution in [1.29, 1.82) is 0 Å². The van der Waals surface area contributed by atoms with Gasteiger partial charge in [-0.15, -0.1) is 0 Å². The Morgan fingerprint density at radius 3 is 2.14 bits per heavy atom. The van der Waals surface area contributed by atoms with E-state index in [4.69, 9.17) is 9.47 Å². The number of rotatable bonds is 5. The number of amides is 1. The number of phenols is 1. The SMILES string of the molecule is COc1ccccc1N1C(=O)C(=O)/C(=C(\O)c2ccc(OC)c(C(C)(C)C)c2)C1c1ccc(O)cc1. The van der Waals surface area contributed by atoms with Crippen molar-refractivity contribution in [2.24, 2.45) is 0 Å². The second-order valence-electron chi connectivity index (χ2n) is 9.60. The number of aliphatic hydroxyl groups is 1. The van der Waals surface area contributed by atoms with Gasteiger partial charge in [-0.05, 0) is 53.4 Å². The van der Waals surface area contributed by atoms with E-state index in [0.717, 1.165) is 5.56 Å². The molecular formula is C29H29NO6. The fraction of sp³-hybridized carbons (Fsp3) is 0.241. The van der Waals surface area contributed by atoms with E-state index in [1.165, 1.54) is 24.1 Å². The van der Waals surface area contributed by atoms with Gasteiger partial charge in [-0.3, -0.25) is 14.5 Å². The zero-order valence-corrected chi connectivity index (χ0v) is 20.9. The zero-order chi connectivity index (χ0) is 26.2. The number of aromatic hydroxyl groups is 1. The maximum absolute atomic E-state index is 13.4. The van der Waals surface area contributed by atoms with Crippen LogP contribution < -0.4 is 14.4 Å². The van der Waals surface area contributed by atoms with E-state index in [0.29, 0.717) is 28.3 Å². The van der Waals surface area contributed by atoms with E-state index < -0.39 is 17.7 Å². The standard InChI is InChI=1S/C29H29NO6/c1-29(2,3)20-16-18(12-15-22(20)35-4)26(32)24-25(17-10-13-19(31)14-11-17)30(28(34)27(24)33)21-8-6-7-9-23(21)36-5/h6-16,25,31-32H,1-5H3/b26-24-. The number of hydrogen-bond acceptors (Lipinski definition) is 6. The number of phenolic OH excluding ortho intramolecular Hbond substituents is 1. The molecular weight excluding hydrogens is 458 g/mol. The molecule has 186 valence electrons. The molecule has 0 aromatic heterocycles. The minimum Gasteiger partial charge on any atom is -0.508 e. The van der Waals surface area contributed by atoms with Crippen LogP contribution in [0.15, 0.2) is 72.3 Å². The summed E-state index contributed by atoms with van der Waals surface area (Å²) in [4.78, 5) is 28.2. The van der Waals surface area contributed by atoms with Crippen LogP contribution in [0.2, 0.25) is 0 Å². The van der Waals surface area contributed by atoms with E-state index in [-0.39, 0.29) is 22.5 Å². The molecule has 0 aliphatic carbocycles. The minimum atomic E-state index is -0.943. The summed E-state index contributed by atoms with van der Waals surface area (Å²) in [6, 6.07) is 17.3. The lowest BCUT2D eigenvalue weighted by atomic mass is 9.84. The maximum Gasteiger partial charge on any atom is 0.300 e. The number of para-hydroxylation sites is 2. The molecule has 1 amide bonds. The summed E-state index contributed by atoms with van der Waals surface area (Å²) in [5.41, 5.74) is 1.81. The number of Topliss-reactive ketones (excluding diaryl/α,β-unsaturated/α-hetero) is 1. The summed E-state index contributed by atoms with van der Waals surface area (Å²) >= 11 is 0. The van der Waals surface area contributed by atoms with Gasteiger partial charge in [0.2, 0.25) is 0 Å². The molecule has 7 nitrogen and oxygen atoms in total. The molecule has 1 saturated heterocycles. The molecule has 3 aromatic rings. The summed E-state index contributed by atoms with van der Waals surface area (Å²) in [6.45, 7) is 6.06. The number of ketones is 1. The molecule has 0 spiro atoms. The van der Waals surface area contributed by atoms with Crippen LogP contribution in [0.3, 0.4) is 0 Å². The number of aliphatic hydroxyl groups excluding tert-OH is 1. The van der Waals surface area contributed by atoms with Crippen LogP contribution in [-0.4, -0.2) is 36.1 Å². The van der Waals surface area contributed by atoms with Crippen LogP contribution >= 0.6 is 0 Å². The highest BCUT2D eigenvalue weighted by Crippen LogP contribution is 2.45. The van der Waals surface area contributed by atoms with Crippen molar-refractivity contribution in [3.8, 4) is 17.2 Å². The summed E-state index contributed by atoms with van der Waals surface area (Å²) in [5, 5.41) is 21.3. The van der Waals surface area contributed by atoms with Crippen molar-refractivity contribution in [1.82, 2.24) is 0 Å². The van der Waals surface area contributed by atoms with Crippen LogP contribution in [0.4, 0.5) is 5.69 Å². The topological polar surface area (TPSA) is 96.3 Å². The van der Waals surface area contributed by atoms with E-state index >= 15 is 0 Å². The Morgan fingerprint density at radius 2 is 1.53 bits per heavy atom. The van der Waals surface area contributed by atoms with Gasteiger partial charge in [0, 0.05) is 11.1 Å². The van der Waals surface area contributed by atoms with Crippen LogP contribution in [0, 0.1) is 0 Å². The lowest BCUT2D eigenvalue weighted by molar-refractivity contribution is -0.132. The quantitative estimate of drug-likeness (QED) is 0.287. The van der Waals surface area contributed by atoms with Gasteiger partial charge in [0.15, 0.2) is 0 Å². The number of nitrogens with zero attached hydrogens (tertiary/aromatic N) is 1. The average molecular weight is 488 g/mol. The highest BCUT2D eigenvalue weighted by atomic mass is 16.5. The number of carbonyl (C=O) groups excluding carboxylic acids is 2. The molecule has 36 heavy (non-hydrogen) atoms. The first-order chi connectivity index (χ1) is 17.1. The average Bonchev–Trinajstić information content (AvgIpc) is 3.13. The van der Waals surface area contributed by atoms with Crippen LogP contribution in [0.1, 0.15) is 43.5 Å². The molecule has 1 atom stereocenters. The molecule has 4 rings (SSSR count). The molecule has 1 aliphatic heterocycles. The van der Waals surface area contributed by atoms with Crippen molar-refractivity contribution in [2.45, 2.75) is 32.2 Å². The molecule has 0 radical (unpaired) electrons. The van der Waals surface area contributed by atoms with Crippen molar-refractivity contribution in [3.63, 3.8) is 0 Å². The smallest absolute Gasteiger partial charge is 0.300 e. The number of benzene rings is 3. The van der Waals surface area contributed by atoms with Crippen LogP contribution in [-0.2, 0) is 15.0 Å². The fourth-order valence-electron chi connectivity index (χ4n) is 4.48. The first-order valence-corrected chi connectivity index (χ1v) is 11.5. The molecule has 0 bridgehead atoms. The Labute approximate surface area is 210 Å². The van der Waals surface area contributed by atoms with E-state index in [1.54, 1.807) is 61.7 Å².